The van der Waals surface area contributed by atoms with Crippen LogP contribution in [0.15, 0.2) is 48.8 Å². The van der Waals surface area contributed by atoms with Gasteiger partial charge in [-0.25, -0.2) is 13.8 Å². The zero-order valence-electron chi connectivity index (χ0n) is 15.6. The second kappa shape index (κ2) is 7.64. The molecule has 0 radical (unpaired) electrons. The SMILES string of the molecule is Cn1cc(C(=O)Nc2c(C(N)=O)sc3nc(C(F)F)cc(-c4ccccc4)c23)cn1. The number of carbonyl (C=O) groups is 2. The van der Waals surface area contributed by atoms with E-state index < -0.39 is 23.9 Å². The normalized spacial score (nSPS) is 11.2. The average Bonchev–Trinajstić information content (AvgIpc) is 3.32. The highest BCUT2D eigenvalue weighted by molar-refractivity contribution is 7.21. The molecule has 3 aromatic heterocycles. The minimum absolute atomic E-state index is 0.0262. The van der Waals surface area contributed by atoms with Gasteiger partial charge in [-0.1, -0.05) is 30.3 Å². The molecule has 0 saturated heterocycles. The van der Waals surface area contributed by atoms with Gasteiger partial charge in [0.2, 0.25) is 0 Å². The summed E-state index contributed by atoms with van der Waals surface area (Å²) in [4.78, 5) is 29.0. The molecule has 4 aromatic rings. The molecule has 0 aliphatic heterocycles. The van der Waals surface area contributed by atoms with Crippen LogP contribution in [0.5, 0.6) is 0 Å². The van der Waals surface area contributed by atoms with Gasteiger partial charge >= 0.3 is 0 Å². The molecule has 0 saturated carbocycles. The third-order valence-electron chi connectivity index (χ3n) is 4.42. The van der Waals surface area contributed by atoms with Crippen LogP contribution in [0.2, 0.25) is 0 Å². The Balaban J connectivity index is 1.97. The second-order valence-corrected chi connectivity index (χ2v) is 7.47. The summed E-state index contributed by atoms with van der Waals surface area (Å²) in [7, 11) is 1.66. The van der Waals surface area contributed by atoms with Crippen molar-refractivity contribution in [1.82, 2.24) is 14.8 Å². The maximum atomic E-state index is 13.5. The first-order valence-electron chi connectivity index (χ1n) is 8.76. The molecule has 0 fully saturated rings. The van der Waals surface area contributed by atoms with E-state index in [0.29, 0.717) is 16.5 Å². The number of nitrogens with one attached hydrogen (secondary N) is 1. The molecule has 0 unspecified atom stereocenters. The maximum absolute atomic E-state index is 13.5. The van der Waals surface area contributed by atoms with Gasteiger partial charge in [-0.3, -0.25) is 14.3 Å². The van der Waals surface area contributed by atoms with Crippen LogP contribution >= 0.6 is 11.3 Å². The number of benzene rings is 1. The largest absolute Gasteiger partial charge is 0.365 e. The molecule has 152 valence electrons. The van der Waals surface area contributed by atoms with Crippen molar-refractivity contribution in [2.45, 2.75) is 6.43 Å². The van der Waals surface area contributed by atoms with Crippen molar-refractivity contribution in [3.8, 4) is 11.1 Å². The van der Waals surface area contributed by atoms with Crippen molar-refractivity contribution >= 4 is 39.1 Å². The quantitative estimate of drug-likeness (QED) is 0.503. The van der Waals surface area contributed by atoms with E-state index in [2.05, 4.69) is 15.4 Å². The number of hydrogen-bond acceptors (Lipinski definition) is 5. The van der Waals surface area contributed by atoms with Gasteiger partial charge in [0.15, 0.2) is 0 Å². The molecule has 0 aliphatic rings. The number of aryl methyl sites for hydroxylation is 1. The van der Waals surface area contributed by atoms with E-state index in [9.17, 15) is 18.4 Å². The van der Waals surface area contributed by atoms with E-state index in [1.807, 2.05) is 0 Å². The molecule has 4 rings (SSSR count). The highest BCUT2D eigenvalue weighted by atomic mass is 32.1. The number of carbonyl (C=O) groups excluding carboxylic acids is 2. The molecular weight excluding hydrogens is 412 g/mol. The minimum atomic E-state index is -2.80. The van der Waals surface area contributed by atoms with E-state index in [1.165, 1.54) is 23.1 Å². The highest BCUT2D eigenvalue weighted by Gasteiger charge is 2.25. The highest BCUT2D eigenvalue weighted by Crippen LogP contribution is 2.42. The van der Waals surface area contributed by atoms with Crippen LogP contribution in [0, 0.1) is 0 Å². The van der Waals surface area contributed by atoms with Crippen molar-refractivity contribution in [1.29, 1.82) is 0 Å². The third kappa shape index (κ3) is 3.52. The molecule has 0 bridgehead atoms. The van der Waals surface area contributed by atoms with Crippen molar-refractivity contribution in [3.63, 3.8) is 0 Å². The Morgan fingerprint density at radius 1 is 1.23 bits per heavy atom. The molecule has 3 N–H and O–H groups in total. The van der Waals surface area contributed by atoms with Crippen LogP contribution in [0.3, 0.4) is 0 Å². The number of nitrogens with two attached hydrogens (primary N) is 1. The predicted molar refractivity (Wildman–Crippen MR) is 110 cm³/mol. The number of hydrogen-bond donors (Lipinski definition) is 2. The molecule has 7 nitrogen and oxygen atoms in total. The number of aromatic nitrogens is 3. The second-order valence-electron chi connectivity index (χ2n) is 6.47. The first-order valence-corrected chi connectivity index (χ1v) is 9.57. The van der Waals surface area contributed by atoms with Crippen molar-refractivity contribution < 1.29 is 18.4 Å². The van der Waals surface area contributed by atoms with Crippen molar-refractivity contribution in [2.24, 2.45) is 12.8 Å². The number of pyridine rings is 1. The van der Waals surface area contributed by atoms with Crippen molar-refractivity contribution in [3.05, 3.63) is 64.9 Å². The Kier molecular flexibility index (Phi) is 5.00. The average molecular weight is 427 g/mol. The Bertz CT molecular complexity index is 1270. The number of primary amides is 1. The number of nitrogens with zero attached hydrogens (tertiary/aromatic N) is 3. The third-order valence-corrected chi connectivity index (χ3v) is 5.52. The van der Waals surface area contributed by atoms with Crippen LogP contribution in [-0.2, 0) is 7.05 Å². The summed E-state index contributed by atoms with van der Waals surface area (Å²) in [5.41, 5.74) is 6.55. The van der Waals surface area contributed by atoms with Crippen LogP contribution in [0.25, 0.3) is 21.3 Å². The van der Waals surface area contributed by atoms with Crippen LogP contribution < -0.4 is 11.1 Å². The van der Waals surface area contributed by atoms with Gasteiger partial charge in [-0.05, 0) is 17.2 Å². The van der Waals surface area contributed by atoms with E-state index in [0.717, 1.165) is 11.3 Å². The van der Waals surface area contributed by atoms with E-state index in [4.69, 9.17) is 5.73 Å². The summed E-state index contributed by atoms with van der Waals surface area (Å²) < 4.78 is 28.4. The lowest BCUT2D eigenvalue weighted by molar-refractivity contribution is 0.100. The van der Waals surface area contributed by atoms with Gasteiger partial charge in [0.05, 0.1) is 17.4 Å². The Hall–Kier alpha value is -3.66. The summed E-state index contributed by atoms with van der Waals surface area (Å²) >= 11 is 0.860. The summed E-state index contributed by atoms with van der Waals surface area (Å²) in [6.07, 6.45) is 0.0856. The topological polar surface area (TPSA) is 103 Å². The van der Waals surface area contributed by atoms with Gasteiger partial charge < -0.3 is 11.1 Å². The van der Waals surface area contributed by atoms with Gasteiger partial charge in [0, 0.05) is 18.6 Å². The molecule has 1 aromatic carbocycles. The maximum Gasteiger partial charge on any atom is 0.280 e. The Morgan fingerprint density at radius 3 is 2.57 bits per heavy atom. The van der Waals surface area contributed by atoms with Gasteiger partial charge in [0.1, 0.15) is 15.4 Å². The molecule has 0 atom stereocenters. The van der Waals surface area contributed by atoms with Crippen molar-refractivity contribution in [2.75, 3.05) is 5.32 Å². The minimum Gasteiger partial charge on any atom is -0.365 e. The summed E-state index contributed by atoms with van der Waals surface area (Å²) in [6, 6.07) is 10.1. The van der Waals surface area contributed by atoms with Gasteiger partial charge in [0.25, 0.3) is 18.2 Å². The fraction of sp³-hybridized carbons (Fsp3) is 0.100. The van der Waals surface area contributed by atoms with Gasteiger partial charge in [-0.15, -0.1) is 11.3 Å². The number of rotatable bonds is 5. The van der Waals surface area contributed by atoms with E-state index in [1.54, 1.807) is 37.4 Å². The fourth-order valence-corrected chi connectivity index (χ4v) is 4.11. The molecule has 10 heteroatoms. The van der Waals surface area contributed by atoms with E-state index in [-0.39, 0.29) is 21.0 Å². The van der Waals surface area contributed by atoms with Crippen LogP contribution in [-0.4, -0.2) is 26.6 Å². The molecule has 30 heavy (non-hydrogen) atoms. The zero-order chi connectivity index (χ0) is 21.4. The number of fused-ring (bicyclic) bond motifs is 1. The smallest absolute Gasteiger partial charge is 0.280 e. The summed E-state index contributed by atoms with van der Waals surface area (Å²) in [6.45, 7) is 0. The molecule has 0 aliphatic carbocycles. The first-order chi connectivity index (χ1) is 14.3. The summed E-state index contributed by atoms with van der Waals surface area (Å²) in [5, 5.41) is 7.02. The lowest BCUT2D eigenvalue weighted by atomic mass is 10.0. The lowest BCUT2D eigenvalue weighted by Crippen LogP contribution is -2.16. The molecule has 2 amide bonds. The van der Waals surface area contributed by atoms with Gasteiger partial charge in [-0.2, -0.15) is 5.10 Å². The molecule has 3 heterocycles. The first kappa shape index (κ1) is 19.6. The number of amides is 2. The lowest BCUT2D eigenvalue weighted by Gasteiger charge is -2.10. The standard InChI is InChI=1S/C20H15F2N5O2S/c1-27-9-11(8-24-27)19(29)26-15-14-12(10-5-3-2-4-6-10)7-13(17(21)22)25-20(14)30-16(15)18(23)28/h2-9,17H,1H3,(H2,23,28)(H,26,29). The fourth-order valence-electron chi connectivity index (χ4n) is 3.09. The van der Waals surface area contributed by atoms with Crippen LogP contribution in [0.1, 0.15) is 32.1 Å². The van der Waals surface area contributed by atoms with Crippen LogP contribution in [0.4, 0.5) is 14.5 Å². The number of thiophene rings is 1. The Morgan fingerprint density at radius 2 is 1.97 bits per heavy atom. The molecular formula is C20H15F2N5O2S. The number of halogens is 2. The number of anilines is 1. The predicted octanol–water partition coefficient (Wildman–Crippen LogP) is 3.99. The zero-order valence-corrected chi connectivity index (χ0v) is 16.4. The van der Waals surface area contributed by atoms with E-state index >= 15 is 0 Å². The molecule has 0 spiro atoms. The summed E-state index contributed by atoms with van der Waals surface area (Å²) in [5.74, 6) is -1.31. The number of alkyl halides is 2. The Labute approximate surface area is 173 Å². The monoisotopic (exact) mass is 427 g/mol.